The summed E-state index contributed by atoms with van der Waals surface area (Å²) in [5, 5.41) is 19.6. The van der Waals surface area contributed by atoms with E-state index in [1.807, 2.05) is 6.20 Å². The number of nitrogens with zero attached hydrogens (tertiary/aromatic N) is 5. The van der Waals surface area contributed by atoms with E-state index in [0.717, 1.165) is 35.4 Å². The van der Waals surface area contributed by atoms with Gasteiger partial charge in [-0.1, -0.05) is 46.6 Å². The highest BCUT2D eigenvalue weighted by molar-refractivity contribution is 9.10. The van der Waals surface area contributed by atoms with Crippen molar-refractivity contribution in [2.45, 2.75) is 43.9 Å². The van der Waals surface area contributed by atoms with E-state index in [1.165, 1.54) is 11.1 Å². The lowest BCUT2D eigenvalue weighted by atomic mass is 9.81. The molecule has 1 saturated carbocycles. The first kappa shape index (κ1) is 19.0. The van der Waals surface area contributed by atoms with Crippen LogP contribution in [-0.2, 0) is 12.0 Å². The quantitative estimate of drug-likeness (QED) is 0.620. The van der Waals surface area contributed by atoms with Crippen molar-refractivity contribution >= 4 is 33.3 Å². The Kier molecular flexibility index (Phi) is 4.64. The Bertz CT molecular complexity index is 1040. The highest BCUT2D eigenvalue weighted by atomic mass is 79.9. The first-order chi connectivity index (χ1) is 14.0. The predicted molar refractivity (Wildman–Crippen MR) is 115 cm³/mol. The minimum Gasteiger partial charge on any atom is -0.391 e. The number of fused-ring (bicyclic) bond motifs is 2. The summed E-state index contributed by atoms with van der Waals surface area (Å²) < 4.78 is 2.55. The van der Waals surface area contributed by atoms with E-state index in [9.17, 15) is 5.11 Å². The van der Waals surface area contributed by atoms with Crippen LogP contribution in [0.5, 0.6) is 0 Å². The number of halogens is 2. The van der Waals surface area contributed by atoms with Gasteiger partial charge in [0.05, 0.1) is 27.8 Å². The second kappa shape index (κ2) is 7.07. The number of anilines is 1. The molecule has 2 aromatic heterocycles. The fourth-order valence-electron chi connectivity index (χ4n) is 4.88. The minimum absolute atomic E-state index is 0.125. The molecule has 0 saturated heterocycles. The molecule has 3 heterocycles. The van der Waals surface area contributed by atoms with Crippen LogP contribution in [0.4, 0.5) is 5.82 Å². The molecule has 29 heavy (non-hydrogen) atoms. The van der Waals surface area contributed by atoms with Gasteiger partial charge in [0.25, 0.3) is 0 Å². The van der Waals surface area contributed by atoms with Gasteiger partial charge in [-0.15, -0.1) is 5.10 Å². The molecule has 0 radical (unpaired) electrons. The van der Waals surface area contributed by atoms with E-state index >= 15 is 0 Å². The zero-order valence-electron chi connectivity index (χ0n) is 16.0. The number of hydrogen-bond donors (Lipinski definition) is 1. The van der Waals surface area contributed by atoms with Gasteiger partial charge in [0.2, 0.25) is 0 Å². The largest absolute Gasteiger partial charge is 0.391 e. The highest BCUT2D eigenvalue weighted by Gasteiger charge is 2.54. The molecule has 1 spiro atoms. The molecule has 3 aromatic rings. The Hall–Kier alpha value is -1.96. The standard InChI is InChI=1S/C21H21BrClN5O/c1-13-2-4-14(5-3-13)11-27-12-21(18-19(23)15(22)10-24-20(18)27)8-16(17(29)9-21)28-7-6-25-26-28/h2-7,10,16-17,29H,8-9,11-12H2,1H3/t16-,17-,21+/m1/s1. The van der Waals surface area contributed by atoms with Gasteiger partial charge in [-0.25, -0.2) is 9.67 Å². The Morgan fingerprint density at radius 1 is 1.28 bits per heavy atom. The summed E-state index contributed by atoms with van der Waals surface area (Å²) in [5.41, 5.74) is 3.23. The van der Waals surface area contributed by atoms with Crippen LogP contribution in [0.2, 0.25) is 5.02 Å². The van der Waals surface area contributed by atoms with Crippen LogP contribution in [0.15, 0.2) is 47.3 Å². The average molecular weight is 475 g/mol. The van der Waals surface area contributed by atoms with Crippen molar-refractivity contribution in [2.75, 3.05) is 11.4 Å². The molecule has 1 aromatic carbocycles. The third kappa shape index (κ3) is 3.16. The van der Waals surface area contributed by atoms with E-state index in [-0.39, 0.29) is 11.5 Å². The van der Waals surface area contributed by atoms with E-state index in [1.54, 1.807) is 17.1 Å². The fourth-order valence-corrected chi connectivity index (χ4v) is 5.52. The normalized spacial score (nSPS) is 25.7. The van der Waals surface area contributed by atoms with Crippen molar-refractivity contribution in [3.63, 3.8) is 0 Å². The van der Waals surface area contributed by atoms with Crippen molar-refractivity contribution in [1.82, 2.24) is 20.0 Å². The van der Waals surface area contributed by atoms with Gasteiger partial charge < -0.3 is 10.0 Å². The van der Waals surface area contributed by atoms with Gasteiger partial charge >= 0.3 is 0 Å². The third-order valence-corrected chi connectivity index (χ3v) is 7.42. The lowest BCUT2D eigenvalue weighted by Gasteiger charge is -2.26. The molecule has 2 aliphatic rings. The maximum atomic E-state index is 10.9. The lowest BCUT2D eigenvalue weighted by Crippen LogP contribution is -2.32. The highest BCUT2D eigenvalue weighted by Crippen LogP contribution is 2.56. The van der Waals surface area contributed by atoms with Crippen molar-refractivity contribution in [1.29, 1.82) is 0 Å². The summed E-state index contributed by atoms with van der Waals surface area (Å²) in [7, 11) is 0. The van der Waals surface area contributed by atoms with Crippen molar-refractivity contribution in [3.05, 3.63) is 69.0 Å². The molecule has 1 aliphatic heterocycles. The van der Waals surface area contributed by atoms with Gasteiger partial charge in [-0.05, 0) is 41.3 Å². The third-order valence-electron chi connectivity index (χ3n) is 6.20. The van der Waals surface area contributed by atoms with Crippen molar-refractivity contribution < 1.29 is 5.11 Å². The number of pyridine rings is 1. The zero-order chi connectivity index (χ0) is 20.2. The number of aliphatic hydroxyl groups is 1. The predicted octanol–water partition coefficient (Wildman–Crippen LogP) is 4.05. The first-order valence-corrected chi connectivity index (χ1v) is 10.8. The van der Waals surface area contributed by atoms with Gasteiger partial charge in [-0.2, -0.15) is 0 Å². The van der Waals surface area contributed by atoms with Crippen LogP contribution in [0, 0.1) is 6.92 Å². The van der Waals surface area contributed by atoms with E-state index < -0.39 is 6.10 Å². The van der Waals surface area contributed by atoms with Gasteiger partial charge in [0, 0.05) is 36.5 Å². The monoisotopic (exact) mass is 473 g/mol. The summed E-state index contributed by atoms with van der Waals surface area (Å²) in [5.74, 6) is 0.908. The van der Waals surface area contributed by atoms with E-state index in [0.29, 0.717) is 11.4 Å². The smallest absolute Gasteiger partial charge is 0.134 e. The fraction of sp³-hybridized carbons (Fsp3) is 0.381. The van der Waals surface area contributed by atoms with Crippen LogP contribution in [0.1, 0.15) is 35.6 Å². The van der Waals surface area contributed by atoms with Crippen LogP contribution < -0.4 is 4.90 Å². The molecular weight excluding hydrogens is 454 g/mol. The van der Waals surface area contributed by atoms with Gasteiger partial charge in [0.15, 0.2) is 0 Å². The molecule has 150 valence electrons. The summed E-state index contributed by atoms with van der Waals surface area (Å²) in [6, 6.07) is 8.44. The number of rotatable bonds is 3. The minimum atomic E-state index is -0.515. The molecule has 6 nitrogen and oxygen atoms in total. The molecule has 0 unspecified atom stereocenters. The van der Waals surface area contributed by atoms with E-state index in [2.05, 4.69) is 62.3 Å². The molecule has 5 rings (SSSR count). The number of aromatic nitrogens is 4. The maximum absolute atomic E-state index is 10.9. The summed E-state index contributed by atoms with van der Waals surface area (Å²) in [4.78, 5) is 7.01. The molecule has 3 atom stereocenters. The summed E-state index contributed by atoms with van der Waals surface area (Å²) in [6.07, 6.45) is 6.07. The molecule has 0 bridgehead atoms. The number of hydrogen-bond acceptors (Lipinski definition) is 5. The van der Waals surface area contributed by atoms with Crippen molar-refractivity contribution in [3.8, 4) is 0 Å². The number of aryl methyl sites for hydroxylation is 1. The van der Waals surface area contributed by atoms with Gasteiger partial charge in [-0.3, -0.25) is 0 Å². The maximum Gasteiger partial charge on any atom is 0.134 e. The van der Waals surface area contributed by atoms with Crippen molar-refractivity contribution in [2.24, 2.45) is 0 Å². The van der Waals surface area contributed by atoms with Gasteiger partial charge in [0.1, 0.15) is 5.82 Å². The second-order valence-electron chi connectivity index (χ2n) is 8.17. The lowest BCUT2D eigenvalue weighted by molar-refractivity contribution is 0.127. The summed E-state index contributed by atoms with van der Waals surface area (Å²) >= 11 is 10.3. The zero-order valence-corrected chi connectivity index (χ0v) is 18.3. The average Bonchev–Trinajstić information content (AvgIpc) is 3.39. The van der Waals surface area contributed by atoms with Crippen LogP contribution >= 0.6 is 27.5 Å². The Labute approximate surface area is 182 Å². The van der Waals surface area contributed by atoms with Crippen LogP contribution in [0.25, 0.3) is 0 Å². The second-order valence-corrected chi connectivity index (χ2v) is 9.40. The Morgan fingerprint density at radius 3 is 2.79 bits per heavy atom. The molecule has 1 aliphatic carbocycles. The molecule has 1 fully saturated rings. The molecule has 8 heteroatoms. The molecule has 1 N–H and O–H groups in total. The Balaban J connectivity index is 1.54. The van der Waals surface area contributed by atoms with Crippen LogP contribution in [0.3, 0.4) is 0 Å². The van der Waals surface area contributed by atoms with Crippen LogP contribution in [-0.4, -0.2) is 37.7 Å². The SMILES string of the molecule is Cc1ccc(CN2C[C@]3(C[C@@H](O)[C@H](n4ccnn4)C3)c3c2ncc(Br)c3Cl)cc1. The molecular formula is C21H21BrClN5O. The van der Waals surface area contributed by atoms with E-state index in [4.69, 9.17) is 16.6 Å². The topological polar surface area (TPSA) is 67.1 Å². The Morgan fingerprint density at radius 2 is 2.07 bits per heavy atom. The summed E-state index contributed by atoms with van der Waals surface area (Å²) in [6.45, 7) is 3.61. The first-order valence-electron chi connectivity index (χ1n) is 9.66. The molecule has 0 amide bonds. The number of aliphatic hydroxyl groups excluding tert-OH is 1. The number of benzene rings is 1.